The fourth-order valence-electron chi connectivity index (χ4n) is 1.60. The number of nitrogens with zero attached hydrogens (tertiary/aromatic N) is 2. The van der Waals surface area contributed by atoms with Gasteiger partial charge in [0, 0.05) is 15.9 Å². The summed E-state index contributed by atoms with van der Waals surface area (Å²) in [5.41, 5.74) is 1.10. The number of nitro benzene ring substituents is 1. The van der Waals surface area contributed by atoms with Crippen LogP contribution in [0.15, 0.2) is 52.3 Å². The van der Waals surface area contributed by atoms with E-state index < -0.39 is 4.92 Å². The van der Waals surface area contributed by atoms with Crippen LogP contribution in [-0.2, 0) is 0 Å². The van der Waals surface area contributed by atoms with Gasteiger partial charge < -0.3 is 0 Å². The predicted molar refractivity (Wildman–Crippen MR) is 73.1 cm³/mol. The summed E-state index contributed by atoms with van der Waals surface area (Å²) in [5, 5.41) is 20.0. The first-order valence-corrected chi connectivity index (χ1v) is 6.35. The van der Waals surface area contributed by atoms with Gasteiger partial charge in [-0.25, -0.2) is 0 Å². The second-order valence-electron chi connectivity index (χ2n) is 3.93. The van der Waals surface area contributed by atoms with Gasteiger partial charge in [-0.3, -0.25) is 10.1 Å². The SMILES string of the molecule is Cc1ccc(Sc2cccc([N+](=O)[O-])c2C#N)cc1. The number of nitro groups is 1. The van der Waals surface area contributed by atoms with Crippen LogP contribution < -0.4 is 0 Å². The van der Waals surface area contributed by atoms with E-state index in [2.05, 4.69) is 0 Å². The standard InChI is InChI=1S/C14H10N2O2S/c1-10-5-7-11(8-6-10)19-14-4-2-3-13(16(17)18)12(14)9-15/h2-8H,1H3. The van der Waals surface area contributed by atoms with Crippen LogP contribution in [0, 0.1) is 28.4 Å². The van der Waals surface area contributed by atoms with Gasteiger partial charge in [-0.1, -0.05) is 35.5 Å². The Hall–Kier alpha value is -2.32. The normalized spacial score (nSPS) is 9.89. The fraction of sp³-hybridized carbons (Fsp3) is 0.0714. The van der Waals surface area contributed by atoms with Crippen molar-refractivity contribution in [2.45, 2.75) is 16.7 Å². The largest absolute Gasteiger partial charge is 0.288 e. The van der Waals surface area contributed by atoms with Gasteiger partial charge in [0.25, 0.3) is 5.69 Å². The summed E-state index contributed by atoms with van der Waals surface area (Å²) < 4.78 is 0. The highest BCUT2D eigenvalue weighted by atomic mass is 32.2. The van der Waals surface area contributed by atoms with Crippen molar-refractivity contribution in [1.29, 1.82) is 5.26 Å². The molecule has 2 rings (SSSR count). The number of nitriles is 1. The molecule has 4 nitrogen and oxygen atoms in total. The summed E-state index contributed by atoms with van der Waals surface area (Å²) in [6.45, 7) is 1.99. The van der Waals surface area contributed by atoms with Crippen molar-refractivity contribution < 1.29 is 4.92 Å². The van der Waals surface area contributed by atoms with E-state index in [1.807, 2.05) is 37.3 Å². The third kappa shape index (κ3) is 2.92. The first-order valence-electron chi connectivity index (χ1n) is 5.54. The van der Waals surface area contributed by atoms with Gasteiger partial charge >= 0.3 is 0 Å². The maximum absolute atomic E-state index is 10.9. The maximum Gasteiger partial charge on any atom is 0.288 e. The minimum Gasteiger partial charge on any atom is -0.258 e. The second-order valence-corrected chi connectivity index (χ2v) is 5.05. The molecule has 0 amide bonds. The van der Waals surface area contributed by atoms with E-state index in [9.17, 15) is 10.1 Å². The quantitative estimate of drug-likeness (QED) is 0.626. The number of rotatable bonds is 3. The summed E-state index contributed by atoms with van der Waals surface area (Å²) in [4.78, 5) is 11.9. The molecule has 94 valence electrons. The van der Waals surface area contributed by atoms with Crippen LogP contribution in [-0.4, -0.2) is 4.92 Å². The van der Waals surface area contributed by atoms with Crippen LogP contribution in [0.4, 0.5) is 5.69 Å². The van der Waals surface area contributed by atoms with Gasteiger partial charge in [0.1, 0.15) is 11.6 Å². The first kappa shape index (κ1) is 13.1. The highest BCUT2D eigenvalue weighted by Crippen LogP contribution is 2.34. The summed E-state index contributed by atoms with van der Waals surface area (Å²) in [5.74, 6) is 0. The Kier molecular flexibility index (Phi) is 3.83. The lowest BCUT2D eigenvalue weighted by Gasteiger charge is -2.04. The van der Waals surface area contributed by atoms with E-state index in [1.54, 1.807) is 12.1 Å². The van der Waals surface area contributed by atoms with Gasteiger partial charge in [-0.05, 0) is 25.1 Å². The lowest BCUT2D eigenvalue weighted by molar-refractivity contribution is -0.385. The monoisotopic (exact) mass is 270 g/mol. The van der Waals surface area contributed by atoms with E-state index in [1.165, 1.54) is 17.8 Å². The molecule has 0 fully saturated rings. The van der Waals surface area contributed by atoms with E-state index in [0.29, 0.717) is 4.90 Å². The Bertz CT molecular complexity index is 660. The van der Waals surface area contributed by atoms with Crippen LogP contribution in [0.2, 0.25) is 0 Å². The molecule has 0 N–H and O–H groups in total. The van der Waals surface area contributed by atoms with Crippen LogP contribution in [0.3, 0.4) is 0 Å². The second kappa shape index (κ2) is 5.55. The fourth-order valence-corrected chi connectivity index (χ4v) is 2.53. The lowest BCUT2D eigenvalue weighted by atomic mass is 10.2. The van der Waals surface area contributed by atoms with Gasteiger partial charge in [0.15, 0.2) is 0 Å². The van der Waals surface area contributed by atoms with Crippen LogP contribution in [0.5, 0.6) is 0 Å². The molecule has 2 aromatic carbocycles. The van der Waals surface area contributed by atoms with E-state index >= 15 is 0 Å². The predicted octanol–water partition coefficient (Wildman–Crippen LogP) is 3.93. The third-order valence-electron chi connectivity index (χ3n) is 2.56. The van der Waals surface area contributed by atoms with E-state index in [-0.39, 0.29) is 11.3 Å². The molecular weight excluding hydrogens is 260 g/mol. The van der Waals surface area contributed by atoms with Crippen LogP contribution >= 0.6 is 11.8 Å². The van der Waals surface area contributed by atoms with Crippen molar-refractivity contribution in [3.05, 3.63) is 63.7 Å². The lowest BCUT2D eigenvalue weighted by Crippen LogP contribution is -1.93. The van der Waals surface area contributed by atoms with Crippen molar-refractivity contribution in [3.63, 3.8) is 0 Å². The molecule has 0 heterocycles. The molecular formula is C14H10N2O2S. The Morgan fingerprint density at radius 1 is 1.21 bits per heavy atom. The molecule has 0 aliphatic heterocycles. The molecule has 2 aromatic rings. The number of benzene rings is 2. The molecule has 0 aliphatic rings. The molecule has 0 aromatic heterocycles. The summed E-state index contributed by atoms with van der Waals surface area (Å²) in [6.07, 6.45) is 0. The molecule has 0 bridgehead atoms. The molecule has 19 heavy (non-hydrogen) atoms. The molecule has 0 saturated carbocycles. The Morgan fingerprint density at radius 3 is 2.47 bits per heavy atom. The molecule has 0 saturated heterocycles. The van der Waals surface area contributed by atoms with Crippen molar-refractivity contribution in [1.82, 2.24) is 0 Å². The molecule has 0 spiro atoms. The minimum absolute atomic E-state index is 0.109. The van der Waals surface area contributed by atoms with E-state index in [0.717, 1.165) is 10.5 Å². The van der Waals surface area contributed by atoms with Crippen molar-refractivity contribution in [2.24, 2.45) is 0 Å². The van der Waals surface area contributed by atoms with Crippen molar-refractivity contribution >= 4 is 17.4 Å². The highest BCUT2D eigenvalue weighted by Gasteiger charge is 2.17. The van der Waals surface area contributed by atoms with Gasteiger partial charge in [-0.2, -0.15) is 5.26 Å². The Labute approximate surface area is 114 Å². The van der Waals surface area contributed by atoms with Gasteiger partial charge in [0.05, 0.1) is 4.92 Å². The zero-order valence-corrected chi connectivity index (χ0v) is 11.0. The average molecular weight is 270 g/mol. The third-order valence-corrected chi connectivity index (χ3v) is 3.63. The van der Waals surface area contributed by atoms with Crippen molar-refractivity contribution in [3.8, 4) is 6.07 Å². The molecule has 0 radical (unpaired) electrons. The summed E-state index contributed by atoms with van der Waals surface area (Å²) in [6, 6.07) is 14.4. The van der Waals surface area contributed by atoms with Crippen molar-refractivity contribution in [2.75, 3.05) is 0 Å². The van der Waals surface area contributed by atoms with Gasteiger partial charge in [-0.15, -0.1) is 0 Å². The summed E-state index contributed by atoms with van der Waals surface area (Å²) in [7, 11) is 0. The molecule has 0 atom stereocenters. The number of aryl methyl sites for hydroxylation is 1. The molecule has 0 unspecified atom stereocenters. The summed E-state index contributed by atoms with van der Waals surface area (Å²) >= 11 is 1.35. The minimum atomic E-state index is -0.530. The average Bonchev–Trinajstić information content (AvgIpc) is 2.41. The molecule has 0 aliphatic carbocycles. The smallest absolute Gasteiger partial charge is 0.258 e. The van der Waals surface area contributed by atoms with Crippen LogP contribution in [0.1, 0.15) is 11.1 Å². The first-order chi connectivity index (χ1) is 9.11. The molecule has 5 heteroatoms. The number of hydrogen-bond acceptors (Lipinski definition) is 4. The Balaban J connectivity index is 2.40. The highest BCUT2D eigenvalue weighted by molar-refractivity contribution is 7.99. The van der Waals surface area contributed by atoms with Gasteiger partial charge in [0.2, 0.25) is 0 Å². The maximum atomic E-state index is 10.9. The van der Waals surface area contributed by atoms with E-state index in [4.69, 9.17) is 5.26 Å². The Morgan fingerprint density at radius 2 is 1.89 bits per heavy atom. The zero-order chi connectivity index (χ0) is 13.8. The topological polar surface area (TPSA) is 66.9 Å². The zero-order valence-electron chi connectivity index (χ0n) is 10.2. The van der Waals surface area contributed by atoms with Crippen LogP contribution in [0.25, 0.3) is 0 Å². The number of hydrogen-bond donors (Lipinski definition) is 0.